The van der Waals surface area contributed by atoms with Crippen LogP contribution in [-0.2, 0) is 9.47 Å². The molecule has 0 aromatic heterocycles. The molecular formula is C11H23NO3. The number of ether oxygens (including phenoxy) is 2. The lowest BCUT2D eigenvalue weighted by atomic mass is 10.1. The summed E-state index contributed by atoms with van der Waals surface area (Å²) in [5, 5.41) is 2.68. The molecular weight excluding hydrogens is 194 g/mol. The number of carbonyl (C=O) groups excluding carboxylic acids is 1. The minimum Gasteiger partial charge on any atom is -0.449 e. The van der Waals surface area contributed by atoms with E-state index < -0.39 is 0 Å². The Bertz CT molecular complexity index is 162. The average Bonchev–Trinajstić information content (AvgIpc) is 2.25. The van der Waals surface area contributed by atoms with Crippen molar-refractivity contribution in [3.8, 4) is 0 Å². The molecule has 15 heavy (non-hydrogen) atoms. The molecule has 0 heterocycles. The topological polar surface area (TPSA) is 47.6 Å². The highest BCUT2D eigenvalue weighted by Crippen LogP contribution is 2.00. The molecule has 0 radical (unpaired) electrons. The second-order valence-corrected chi connectivity index (χ2v) is 3.59. The summed E-state index contributed by atoms with van der Waals surface area (Å²) in [6, 6.07) is 0. The van der Waals surface area contributed by atoms with Crippen molar-refractivity contribution in [2.24, 2.45) is 5.92 Å². The van der Waals surface area contributed by atoms with Gasteiger partial charge in [0.15, 0.2) is 0 Å². The molecule has 0 aliphatic heterocycles. The van der Waals surface area contributed by atoms with Gasteiger partial charge >= 0.3 is 6.09 Å². The number of nitrogens with one attached hydrogen (secondary N) is 1. The molecule has 4 nitrogen and oxygen atoms in total. The smallest absolute Gasteiger partial charge is 0.407 e. The molecule has 0 rings (SSSR count). The molecule has 0 aliphatic rings. The fourth-order valence-electron chi connectivity index (χ4n) is 0.896. The standard InChI is InChI=1S/C11H23NO3/c1-4-10(3)9-15-11(13)12-7-6-8-14-5-2/h10H,4-9H2,1-3H3,(H,12,13). The van der Waals surface area contributed by atoms with Gasteiger partial charge in [0.05, 0.1) is 6.61 Å². The van der Waals surface area contributed by atoms with Gasteiger partial charge in [-0.25, -0.2) is 4.79 Å². The summed E-state index contributed by atoms with van der Waals surface area (Å²) in [6.07, 6.45) is 1.52. The average molecular weight is 217 g/mol. The van der Waals surface area contributed by atoms with E-state index in [1.165, 1.54) is 0 Å². The van der Waals surface area contributed by atoms with Crippen molar-refractivity contribution in [2.75, 3.05) is 26.4 Å². The summed E-state index contributed by atoms with van der Waals surface area (Å²) in [4.78, 5) is 11.1. The van der Waals surface area contributed by atoms with Crippen LogP contribution < -0.4 is 5.32 Å². The van der Waals surface area contributed by atoms with Crippen LogP contribution in [-0.4, -0.2) is 32.5 Å². The first kappa shape index (κ1) is 14.2. The summed E-state index contributed by atoms with van der Waals surface area (Å²) in [5.41, 5.74) is 0. The molecule has 0 saturated carbocycles. The molecule has 0 bridgehead atoms. The molecule has 1 atom stereocenters. The van der Waals surface area contributed by atoms with E-state index in [0.29, 0.717) is 25.7 Å². The Kier molecular flexibility index (Phi) is 9.27. The zero-order chi connectivity index (χ0) is 11.5. The molecule has 1 amide bonds. The molecule has 0 aromatic carbocycles. The van der Waals surface area contributed by atoms with E-state index in [0.717, 1.165) is 19.4 Å². The molecule has 4 heteroatoms. The fourth-order valence-corrected chi connectivity index (χ4v) is 0.896. The summed E-state index contributed by atoms with van der Waals surface area (Å²) in [6.45, 7) is 8.60. The van der Waals surface area contributed by atoms with Crippen LogP contribution in [0.2, 0.25) is 0 Å². The SMILES string of the molecule is CCOCCCNC(=O)OCC(C)CC. The predicted octanol–water partition coefficient (Wildman–Crippen LogP) is 2.19. The van der Waals surface area contributed by atoms with Gasteiger partial charge in [-0.15, -0.1) is 0 Å². The Hall–Kier alpha value is -0.770. The Balaban J connectivity index is 3.26. The monoisotopic (exact) mass is 217 g/mol. The first-order chi connectivity index (χ1) is 7.20. The zero-order valence-electron chi connectivity index (χ0n) is 10.0. The van der Waals surface area contributed by atoms with Gasteiger partial charge in [0.1, 0.15) is 0 Å². The van der Waals surface area contributed by atoms with Gasteiger partial charge in [-0.2, -0.15) is 0 Å². The second kappa shape index (κ2) is 9.77. The second-order valence-electron chi connectivity index (χ2n) is 3.59. The van der Waals surface area contributed by atoms with Crippen LogP contribution in [0.25, 0.3) is 0 Å². The maximum atomic E-state index is 11.1. The summed E-state index contributed by atoms with van der Waals surface area (Å²) in [7, 11) is 0. The lowest BCUT2D eigenvalue weighted by molar-refractivity contribution is 0.124. The van der Waals surface area contributed by atoms with Gasteiger partial charge in [-0.1, -0.05) is 20.3 Å². The van der Waals surface area contributed by atoms with Crippen LogP contribution in [0.3, 0.4) is 0 Å². The third-order valence-corrected chi connectivity index (χ3v) is 2.13. The van der Waals surface area contributed by atoms with E-state index in [1.54, 1.807) is 0 Å². The Morgan fingerprint density at radius 3 is 2.73 bits per heavy atom. The minimum absolute atomic E-state index is 0.327. The van der Waals surface area contributed by atoms with Gasteiger partial charge in [-0.3, -0.25) is 0 Å². The van der Waals surface area contributed by atoms with Crippen molar-refractivity contribution in [1.29, 1.82) is 0 Å². The highest BCUT2D eigenvalue weighted by molar-refractivity contribution is 5.66. The van der Waals surface area contributed by atoms with Crippen molar-refractivity contribution < 1.29 is 14.3 Å². The first-order valence-electron chi connectivity index (χ1n) is 5.69. The maximum absolute atomic E-state index is 11.1. The van der Waals surface area contributed by atoms with Gasteiger partial charge in [0.25, 0.3) is 0 Å². The Morgan fingerprint density at radius 1 is 1.40 bits per heavy atom. The summed E-state index contributed by atoms with van der Waals surface area (Å²) < 4.78 is 10.1. The van der Waals surface area contributed by atoms with Crippen LogP contribution in [0.4, 0.5) is 4.79 Å². The van der Waals surface area contributed by atoms with E-state index in [9.17, 15) is 4.79 Å². The van der Waals surface area contributed by atoms with Crippen LogP contribution in [0.15, 0.2) is 0 Å². The number of alkyl carbamates (subject to hydrolysis) is 1. The molecule has 0 aromatic rings. The zero-order valence-corrected chi connectivity index (χ0v) is 10.0. The van der Waals surface area contributed by atoms with E-state index in [2.05, 4.69) is 19.2 Å². The number of carbonyl (C=O) groups is 1. The molecule has 0 aliphatic carbocycles. The summed E-state index contributed by atoms with van der Waals surface area (Å²) in [5.74, 6) is 0.430. The fraction of sp³-hybridized carbons (Fsp3) is 0.909. The number of rotatable bonds is 8. The van der Waals surface area contributed by atoms with Crippen LogP contribution in [0.1, 0.15) is 33.6 Å². The molecule has 1 N–H and O–H groups in total. The molecule has 1 unspecified atom stereocenters. The third kappa shape index (κ3) is 9.53. The quantitative estimate of drug-likeness (QED) is 0.634. The van der Waals surface area contributed by atoms with Crippen LogP contribution in [0, 0.1) is 5.92 Å². The van der Waals surface area contributed by atoms with Gasteiger partial charge in [0.2, 0.25) is 0 Å². The largest absolute Gasteiger partial charge is 0.449 e. The van der Waals surface area contributed by atoms with Crippen LogP contribution >= 0.6 is 0 Å². The predicted molar refractivity (Wildman–Crippen MR) is 59.9 cm³/mol. The van der Waals surface area contributed by atoms with Gasteiger partial charge in [0, 0.05) is 19.8 Å². The van der Waals surface area contributed by atoms with E-state index >= 15 is 0 Å². The highest BCUT2D eigenvalue weighted by Gasteiger charge is 2.04. The van der Waals surface area contributed by atoms with Crippen molar-refractivity contribution in [1.82, 2.24) is 5.32 Å². The van der Waals surface area contributed by atoms with Gasteiger partial charge < -0.3 is 14.8 Å². The Labute approximate surface area is 92.3 Å². The lowest BCUT2D eigenvalue weighted by Gasteiger charge is -2.10. The Morgan fingerprint density at radius 2 is 2.13 bits per heavy atom. The molecule has 0 fully saturated rings. The normalized spacial score (nSPS) is 12.2. The van der Waals surface area contributed by atoms with Gasteiger partial charge in [-0.05, 0) is 19.3 Å². The van der Waals surface area contributed by atoms with E-state index in [1.807, 2.05) is 6.92 Å². The van der Waals surface area contributed by atoms with Crippen molar-refractivity contribution in [3.05, 3.63) is 0 Å². The number of amides is 1. The number of hydrogen-bond donors (Lipinski definition) is 1. The van der Waals surface area contributed by atoms with Crippen molar-refractivity contribution >= 4 is 6.09 Å². The van der Waals surface area contributed by atoms with Crippen LogP contribution in [0.5, 0.6) is 0 Å². The summed E-state index contributed by atoms with van der Waals surface area (Å²) >= 11 is 0. The van der Waals surface area contributed by atoms with E-state index in [4.69, 9.17) is 9.47 Å². The van der Waals surface area contributed by atoms with Crippen molar-refractivity contribution in [3.63, 3.8) is 0 Å². The lowest BCUT2D eigenvalue weighted by Crippen LogP contribution is -2.27. The highest BCUT2D eigenvalue weighted by atomic mass is 16.5. The third-order valence-electron chi connectivity index (χ3n) is 2.13. The maximum Gasteiger partial charge on any atom is 0.407 e. The first-order valence-corrected chi connectivity index (χ1v) is 5.69. The molecule has 0 saturated heterocycles. The molecule has 0 spiro atoms. The van der Waals surface area contributed by atoms with E-state index in [-0.39, 0.29) is 6.09 Å². The number of hydrogen-bond acceptors (Lipinski definition) is 3. The van der Waals surface area contributed by atoms with Crippen molar-refractivity contribution in [2.45, 2.75) is 33.6 Å². The minimum atomic E-state index is -0.327. The molecule has 90 valence electrons.